The van der Waals surface area contributed by atoms with Crippen LogP contribution in [0.2, 0.25) is 5.02 Å². The van der Waals surface area contributed by atoms with E-state index in [-0.39, 0.29) is 24.2 Å². The molecule has 3 rings (SSSR count). The molecule has 26 heavy (non-hydrogen) atoms. The van der Waals surface area contributed by atoms with E-state index in [0.717, 1.165) is 11.1 Å². The molecule has 1 aromatic heterocycles. The van der Waals surface area contributed by atoms with Crippen molar-refractivity contribution in [2.45, 2.75) is 19.4 Å². The van der Waals surface area contributed by atoms with E-state index in [1.165, 1.54) is 18.2 Å². The summed E-state index contributed by atoms with van der Waals surface area (Å²) in [6, 6.07) is 5.22. The Balaban J connectivity index is 1.83. The number of hydrogen-bond donors (Lipinski definition) is 1. The van der Waals surface area contributed by atoms with Crippen molar-refractivity contribution in [3.63, 3.8) is 0 Å². The van der Waals surface area contributed by atoms with Crippen molar-refractivity contribution >= 4 is 23.2 Å². The van der Waals surface area contributed by atoms with Gasteiger partial charge >= 0.3 is 0 Å². The molecule has 1 aromatic carbocycles. The van der Waals surface area contributed by atoms with Crippen LogP contribution < -0.4 is 0 Å². The maximum absolute atomic E-state index is 12.7. The van der Waals surface area contributed by atoms with Crippen LogP contribution in [-0.2, 0) is 4.84 Å². The Kier molecular flexibility index (Phi) is 5.49. The quantitative estimate of drug-likeness (QED) is 0.830. The van der Waals surface area contributed by atoms with Gasteiger partial charge in [-0.15, -0.1) is 0 Å². The zero-order valence-corrected chi connectivity index (χ0v) is 15.3. The molecule has 0 spiro atoms. The number of carbonyl (C=O) groups excluding carboxylic acids is 1. The highest BCUT2D eigenvalue weighted by atomic mass is 35.5. The minimum absolute atomic E-state index is 0.151. The number of nitrogens with zero attached hydrogens (tertiary/aromatic N) is 4. The van der Waals surface area contributed by atoms with Crippen LogP contribution >= 0.6 is 11.6 Å². The summed E-state index contributed by atoms with van der Waals surface area (Å²) >= 11 is 6.15. The number of carbonyl (C=O) groups is 1. The zero-order chi connectivity index (χ0) is 18.7. The van der Waals surface area contributed by atoms with Gasteiger partial charge < -0.3 is 14.8 Å². The molecule has 0 saturated carbocycles. The van der Waals surface area contributed by atoms with E-state index in [4.69, 9.17) is 16.4 Å². The van der Waals surface area contributed by atoms with Gasteiger partial charge in [0, 0.05) is 17.0 Å². The first kappa shape index (κ1) is 18.3. The van der Waals surface area contributed by atoms with Gasteiger partial charge in [-0.25, -0.2) is 4.98 Å². The third-order valence-electron chi connectivity index (χ3n) is 4.37. The van der Waals surface area contributed by atoms with Crippen molar-refractivity contribution in [1.82, 2.24) is 14.9 Å². The molecule has 1 amide bonds. The molecule has 0 bridgehead atoms. The molecule has 1 saturated heterocycles. The molecule has 1 aliphatic heterocycles. The second-order valence-electron chi connectivity index (χ2n) is 6.01. The highest BCUT2D eigenvalue weighted by Crippen LogP contribution is 2.26. The summed E-state index contributed by atoms with van der Waals surface area (Å²) in [5, 5.41) is 14.1. The van der Waals surface area contributed by atoms with Gasteiger partial charge in [0.15, 0.2) is 0 Å². The first-order valence-electron chi connectivity index (χ1n) is 8.13. The number of amides is 1. The molecule has 8 heteroatoms. The Bertz CT molecular complexity index is 839. The van der Waals surface area contributed by atoms with Gasteiger partial charge in [0.25, 0.3) is 5.91 Å². The van der Waals surface area contributed by atoms with Crippen molar-refractivity contribution in [2.75, 3.05) is 20.3 Å². The summed E-state index contributed by atoms with van der Waals surface area (Å²) in [4.78, 5) is 27.7. The second kappa shape index (κ2) is 7.80. The lowest BCUT2D eigenvalue weighted by Gasteiger charge is -2.21. The lowest BCUT2D eigenvalue weighted by Crippen LogP contribution is -2.38. The van der Waals surface area contributed by atoms with Crippen LogP contribution in [0.1, 0.15) is 22.5 Å². The second-order valence-corrected chi connectivity index (χ2v) is 6.42. The SMILES string of the molecule is CO/N=C1\C[C@@H](CO)N(C(=O)c2cnc(-c3cccc(Cl)c3C)cn2)C1. The van der Waals surface area contributed by atoms with Crippen molar-refractivity contribution < 1.29 is 14.7 Å². The van der Waals surface area contributed by atoms with Crippen molar-refractivity contribution in [3.05, 3.63) is 46.9 Å². The standard InChI is InChI=1S/C18H19ClN4O3/c1-11-14(4-3-5-15(11)19)16-7-21-17(8-20-16)18(25)23-9-12(22-26-2)6-13(23)10-24/h3-5,7-8,13,24H,6,9-10H2,1-2H3/b22-12+/t13-/m0/s1. The van der Waals surface area contributed by atoms with Crippen molar-refractivity contribution in [1.29, 1.82) is 0 Å². The largest absolute Gasteiger partial charge is 0.399 e. The third-order valence-corrected chi connectivity index (χ3v) is 4.78. The van der Waals surface area contributed by atoms with Gasteiger partial charge in [-0.2, -0.15) is 0 Å². The molecule has 1 aliphatic rings. The molecule has 2 aromatic rings. The predicted octanol–water partition coefficient (Wildman–Crippen LogP) is 2.31. The number of aliphatic hydroxyl groups is 1. The molecule has 1 atom stereocenters. The minimum atomic E-state index is -0.340. The summed E-state index contributed by atoms with van der Waals surface area (Å²) in [6.07, 6.45) is 3.47. The first-order chi connectivity index (χ1) is 12.5. The molecule has 0 unspecified atom stereocenters. The van der Waals surface area contributed by atoms with Crippen LogP contribution in [0.3, 0.4) is 0 Å². The van der Waals surface area contributed by atoms with E-state index in [1.807, 2.05) is 25.1 Å². The van der Waals surface area contributed by atoms with Gasteiger partial charge in [0.2, 0.25) is 0 Å². The molecular formula is C18H19ClN4O3. The predicted molar refractivity (Wildman–Crippen MR) is 98.2 cm³/mol. The summed E-state index contributed by atoms with van der Waals surface area (Å²) in [5.74, 6) is -0.299. The van der Waals surface area contributed by atoms with E-state index in [2.05, 4.69) is 15.1 Å². The number of hydrogen-bond acceptors (Lipinski definition) is 6. The molecule has 7 nitrogen and oxygen atoms in total. The van der Waals surface area contributed by atoms with E-state index >= 15 is 0 Å². The molecular weight excluding hydrogens is 356 g/mol. The van der Waals surface area contributed by atoms with Gasteiger partial charge in [-0.05, 0) is 18.6 Å². The fraction of sp³-hybridized carbons (Fsp3) is 0.333. The number of rotatable bonds is 4. The number of oxime groups is 1. The smallest absolute Gasteiger partial charge is 0.274 e. The molecule has 2 heterocycles. The average molecular weight is 375 g/mol. The molecule has 136 valence electrons. The lowest BCUT2D eigenvalue weighted by atomic mass is 10.1. The van der Waals surface area contributed by atoms with Crippen LogP contribution in [0.25, 0.3) is 11.3 Å². The summed E-state index contributed by atoms with van der Waals surface area (Å²) in [7, 11) is 1.45. The highest BCUT2D eigenvalue weighted by Gasteiger charge is 2.34. The van der Waals surface area contributed by atoms with Crippen LogP contribution in [0.4, 0.5) is 0 Å². The lowest BCUT2D eigenvalue weighted by molar-refractivity contribution is 0.0674. The minimum Gasteiger partial charge on any atom is -0.399 e. The van der Waals surface area contributed by atoms with Crippen molar-refractivity contribution in [2.24, 2.45) is 5.16 Å². The summed E-state index contributed by atoms with van der Waals surface area (Å²) in [6.45, 7) is 2.06. The molecule has 1 fully saturated rings. The van der Waals surface area contributed by atoms with E-state index in [1.54, 1.807) is 6.20 Å². The number of halogens is 1. The number of benzene rings is 1. The fourth-order valence-electron chi connectivity index (χ4n) is 2.98. The average Bonchev–Trinajstić information content (AvgIpc) is 3.07. The summed E-state index contributed by atoms with van der Waals surface area (Å²) < 4.78 is 0. The van der Waals surface area contributed by atoms with Gasteiger partial charge in [0.1, 0.15) is 12.8 Å². The van der Waals surface area contributed by atoms with Gasteiger partial charge in [-0.1, -0.05) is 28.9 Å². The number of aromatic nitrogens is 2. The van der Waals surface area contributed by atoms with Gasteiger partial charge in [-0.3, -0.25) is 9.78 Å². The maximum Gasteiger partial charge on any atom is 0.274 e. The fourth-order valence-corrected chi connectivity index (χ4v) is 3.15. The van der Waals surface area contributed by atoms with Crippen LogP contribution in [0, 0.1) is 6.92 Å². The monoisotopic (exact) mass is 374 g/mol. The van der Waals surface area contributed by atoms with Crippen LogP contribution in [0.5, 0.6) is 0 Å². The molecule has 1 N–H and O–H groups in total. The van der Waals surface area contributed by atoms with E-state index in [0.29, 0.717) is 29.4 Å². The topological polar surface area (TPSA) is 87.9 Å². The number of likely N-dealkylation sites (tertiary alicyclic amines) is 1. The van der Waals surface area contributed by atoms with Crippen molar-refractivity contribution in [3.8, 4) is 11.3 Å². The molecule has 0 radical (unpaired) electrons. The Morgan fingerprint density at radius 2 is 2.23 bits per heavy atom. The molecule has 0 aliphatic carbocycles. The third kappa shape index (κ3) is 3.54. The Morgan fingerprint density at radius 1 is 1.42 bits per heavy atom. The van der Waals surface area contributed by atoms with Gasteiger partial charge in [0.05, 0.1) is 43.0 Å². The van der Waals surface area contributed by atoms with E-state index in [9.17, 15) is 9.90 Å². The first-order valence-corrected chi connectivity index (χ1v) is 8.51. The normalized spacial score (nSPS) is 18.4. The maximum atomic E-state index is 12.7. The Labute approximate surface area is 156 Å². The number of aliphatic hydroxyl groups excluding tert-OH is 1. The Morgan fingerprint density at radius 3 is 2.88 bits per heavy atom. The zero-order valence-electron chi connectivity index (χ0n) is 14.5. The van der Waals surface area contributed by atoms with Crippen LogP contribution in [-0.4, -0.2) is 57.9 Å². The van der Waals surface area contributed by atoms with E-state index < -0.39 is 0 Å². The Hall–Kier alpha value is -2.51. The van der Waals surface area contributed by atoms with Crippen LogP contribution in [0.15, 0.2) is 35.7 Å². The summed E-state index contributed by atoms with van der Waals surface area (Å²) in [5.41, 5.74) is 3.34. The highest BCUT2D eigenvalue weighted by molar-refractivity contribution is 6.31.